The second kappa shape index (κ2) is 6.23. The summed E-state index contributed by atoms with van der Waals surface area (Å²) in [5.74, 6) is 4.89. The highest BCUT2D eigenvalue weighted by Gasteiger charge is 2.12. The van der Waals surface area contributed by atoms with Gasteiger partial charge in [0.25, 0.3) is 0 Å². The third-order valence-corrected chi connectivity index (χ3v) is 3.54. The van der Waals surface area contributed by atoms with Gasteiger partial charge in [0.05, 0.1) is 10.5 Å². The summed E-state index contributed by atoms with van der Waals surface area (Å²) in [6.45, 7) is 0. The molecule has 0 bridgehead atoms. The minimum absolute atomic E-state index is 0.229. The first kappa shape index (κ1) is 14.1. The van der Waals surface area contributed by atoms with Crippen molar-refractivity contribution in [2.24, 2.45) is 5.84 Å². The quantitative estimate of drug-likeness (QED) is 0.667. The summed E-state index contributed by atoms with van der Waals surface area (Å²) in [6.07, 6.45) is 0.553. The highest BCUT2D eigenvalue weighted by atomic mass is 79.9. The summed E-state index contributed by atoms with van der Waals surface area (Å²) < 4.78 is 26.7. The molecule has 0 spiro atoms. The van der Waals surface area contributed by atoms with E-state index < -0.39 is 0 Å². The largest absolute Gasteiger partial charge is 0.271 e. The first-order valence-corrected chi connectivity index (χ1v) is 6.55. The van der Waals surface area contributed by atoms with Crippen molar-refractivity contribution in [3.05, 3.63) is 69.7 Å². The molecule has 0 radical (unpaired) electrons. The Morgan fingerprint density at radius 3 is 2.37 bits per heavy atom. The highest BCUT2D eigenvalue weighted by Crippen LogP contribution is 2.23. The fourth-order valence-corrected chi connectivity index (χ4v) is 2.10. The van der Waals surface area contributed by atoms with Gasteiger partial charge in [0.15, 0.2) is 0 Å². The molecule has 1 unspecified atom stereocenters. The Morgan fingerprint density at radius 2 is 1.79 bits per heavy atom. The Bertz CT molecular complexity index is 558. The van der Waals surface area contributed by atoms with Gasteiger partial charge in [-0.25, -0.2) is 8.78 Å². The Labute approximate surface area is 118 Å². The molecule has 0 saturated heterocycles. The van der Waals surface area contributed by atoms with Crippen LogP contribution in [0.4, 0.5) is 8.78 Å². The summed E-state index contributed by atoms with van der Waals surface area (Å²) in [7, 11) is 0. The van der Waals surface area contributed by atoms with Gasteiger partial charge in [-0.2, -0.15) is 0 Å². The first-order chi connectivity index (χ1) is 9.10. The van der Waals surface area contributed by atoms with Gasteiger partial charge in [-0.3, -0.25) is 11.3 Å². The van der Waals surface area contributed by atoms with Crippen molar-refractivity contribution >= 4 is 15.9 Å². The van der Waals surface area contributed by atoms with Crippen molar-refractivity contribution in [1.29, 1.82) is 0 Å². The molecular weight excluding hydrogens is 314 g/mol. The Balaban J connectivity index is 2.19. The van der Waals surface area contributed by atoms with Crippen LogP contribution in [0.1, 0.15) is 17.2 Å². The topological polar surface area (TPSA) is 38.0 Å². The number of benzene rings is 2. The molecule has 100 valence electrons. The second-order valence-electron chi connectivity index (χ2n) is 4.22. The minimum Gasteiger partial charge on any atom is -0.271 e. The van der Waals surface area contributed by atoms with E-state index in [0.29, 0.717) is 10.9 Å². The zero-order valence-corrected chi connectivity index (χ0v) is 11.6. The van der Waals surface area contributed by atoms with E-state index in [9.17, 15) is 8.78 Å². The van der Waals surface area contributed by atoms with Crippen LogP contribution in [-0.4, -0.2) is 0 Å². The van der Waals surface area contributed by atoms with E-state index >= 15 is 0 Å². The van der Waals surface area contributed by atoms with Crippen LogP contribution in [-0.2, 0) is 6.42 Å². The fraction of sp³-hybridized carbons (Fsp3) is 0.143. The number of rotatable bonds is 4. The van der Waals surface area contributed by atoms with Crippen LogP contribution in [0.5, 0.6) is 0 Å². The predicted molar refractivity (Wildman–Crippen MR) is 74.3 cm³/mol. The molecule has 0 aliphatic rings. The molecule has 0 aromatic heterocycles. The van der Waals surface area contributed by atoms with Gasteiger partial charge in [-0.1, -0.05) is 18.2 Å². The summed E-state index contributed by atoms with van der Waals surface area (Å²) in [4.78, 5) is 0. The molecule has 0 fully saturated rings. The monoisotopic (exact) mass is 326 g/mol. The lowest BCUT2D eigenvalue weighted by Gasteiger charge is -2.17. The first-order valence-electron chi connectivity index (χ1n) is 5.75. The van der Waals surface area contributed by atoms with Crippen molar-refractivity contribution in [3.8, 4) is 0 Å². The molecule has 0 amide bonds. The molecule has 2 aromatic carbocycles. The molecule has 5 heteroatoms. The maximum absolute atomic E-state index is 13.5. The van der Waals surface area contributed by atoms with Crippen molar-refractivity contribution in [1.82, 2.24) is 5.43 Å². The number of nitrogens with two attached hydrogens (primary N) is 1. The Kier molecular flexibility index (Phi) is 4.63. The van der Waals surface area contributed by atoms with Crippen molar-refractivity contribution in [2.75, 3.05) is 0 Å². The minimum atomic E-state index is -0.336. The van der Waals surface area contributed by atoms with Crippen molar-refractivity contribution in [2.45, 2.75) is 12.5 Å². The van der Waals surface area contributed by atoms with E-state index in [1.807, 2.05) is 0 Å². The molecule has 0 heterocycles. The molecule has 0 aliphatic heterocycles. The number of halogens is 3. The fourth-order valence-electron chi connectivity index (χ4n) is 1.86. The normalized spacial score (nSPS) is 12.4. The zero-order chi connectivity index (χ0) is 13.8. The van der Waals surface area contributed by atoms with Gasteiger partial charge in [-0.05, 0) is 57.7 Å². The summed E-state index contributed by atoms with van der Waals surface area (Å²) in [6, 6.07) is 10.8. The van der Waals surface area contributed by atoms with E-state index in [4.69, 9.17) is 5.84 Å². The Morgan fingerprint density at radius 1 is 1.11 bits per heavy atom. The van der Waals surface area contributed by atoms with E-state index in [1.54, 1.807) is 24.3 Å². The molecule has 2 nitrogen and oxygen atoms in total. The van der Waals surface area contributed by atoms with Crippen molar-refractivity contribution < 1.29 is 8.78 Å². The smallest absolute Gasteiger partial charge is 0.137 e. The van der Waals surface area contributed by atoms with Gasteiger partial charge >= 0.3 is 0 Å². The van der Waals surface area contributed by atoms with Gasteiger partial charge in [-0.15, -0.1) is 0 Å². The van der Waals surface area contributed by atoms with E-state index in [-0.39, 0.29) is 17.7 Å². The average molecular weight is 327 g/mol. The lowest BCUT2D eigenvalue weighted by molar-refractivity contribution is 0.542. The molecular formula is C14H13BrF2N2. The summed E-state index contributed by atoms with van der Waals surface area (Å²) in [5.41, 5.74) is 4.32. The van der Waals surface area contributed by atoms with Gasteiger partial charge in [0.2, 0.25) is 0 Å². The third-order valence-electron chi connectivity index (χ3n) is 2.90. The van der Waals surface area contributed by atoms with Crippen LogP contribution in [0, 0.1) is 11.6 Å². The van der Waals surface area contributed by atoms with Crippen LogP contribution in [0.15, 0.2) is 46.9 Å². The number of hydrogen-bond donors (Lipinski definition) is 2. The van der Waals surface area contributed by atoms with Gasteiger partial charge in [0, 0.05) is 0 Å². The van der Waals surface area contributed by atoms with E-state index in [0.717, 1.165) is 11.1 Å². The number of hydrazine groups is 1. The SMILES string of the molecule is NNC(Cc1ccc(F)cc1)c1ccc(Br)c(F)c1. The van der Waals surface area contributed by atoms with Crippen LogP contribution in [0.2, 0.25) is 0 Å². The molecule has 2 rings (SSSR count). The Hall–Kier alpha value is -1.30. The molecule has 3 N–H and O–H groups in total. The maximum atomic E-state index is 13.5. The lowest BCUT2D eigenvalue weighted by Crippen LogP contribution is -2.29. The lowest BCUT2D eigenvalue weighted by atomic mass is 9.99. The second-order valence-corrected chi connectivity index (χ2v) is 5.08. The van der Waals surface area contributed by atoms with Crippen LogP contribution in [0.25, 0.3) is 0 Å². The van der Waals surface area contributed by atoms with E-state index in [2.05, 4.69) is 21.4 Å². The van der Waals surface area contributed by atoms with Gasteiger partial charge < -0.3 is 0 Å². The van der Waals surface area contributed by atoms with Gasteiger partial charge in [0.1, 0.15) is 11.6 Å². The standard InChI is InChI=1S/C14H13BrF2N2/c15-12-6-3-10(8-13(12)17)14(19-18)7-9-1-4-11(16)5-2-9/h1-6,8,14,19H,7,18H2. The van der Waals surface area contributed by atoms with Crippen LogP contribution in [0.3, 0.4) is 0 Å². The zero-order valence-electron chi connectivity index (χ0n) is 10.0. The van der Waals surface area contributed by atoms with Crippen LogP contribution < -0.4 is 11.3 Å². The molecule has 2 aromatic rings. The molecule has 0 saturated carbocycles. The number of hydrogen-bond acceptors (Lipinski definition) is 2. The maximum Gasteiger partial charge on any atom is 0.137 e. The predicted octanol–water partition coefficient (Wildman–Crippen LogP) is 3.47. The van der Waals surface area contributed by atoms with Crippen LogP contribution >= 0.6 is 15.9 Å². The third kappa shape index (κ3) is 3.59. The van der Waals surface area contributed by atoms with Crippen molar-refractivity contribution in [3.63, 3.8) is 0 Å². The molecule has 1 atom stereocenters. The van der Waals surface area contributed by atoms with E-state index in [1.165, 1.54) is 18.2 Å². The highest BCUT2D eigenvalue weighted by molar-refractivity contribution is 9.10. The number of nitrogens with one attached hydrogen (secondary N) is 1. The average Bonchev–Trinajstić information content (AvgIpc) is 2.41. The molecule has 19 heavy (non-hydrogen) atoms. The summed E-state index contributed by atoms with van der Waals surface area (Å²) in [5, 5.41) is 0. The summed E-state index contributed by atoms with van der Waals surface area (Å²) >= 11 is 3.11. The molecule has 0 aliphatic carbocycles.